The van der Waals surface area contributed by atoms with Crippen molar-refractivity contribution in [1.29, 1.82) is 0 Å². The largest absolute Gasteiger partial charge is 0.473 e. The van der Waals surface area contributed by atoms with Crippen molar-refractivity contribution in [1.82, 2.24) is 14.2 Å². The van der Waals surface area contributed by atoms with E-state index in [1.165, 1.54) is 15.6 Å². The standard InChI is InChI=1S/C27H31F2N3O4S2/c1-18-5-8-21(9-6-18)38(34,35)32-15-3-4-23(32)25(33)31(20-11-13-27(28,29)14-12-20)17-19-7-10-24-22(16-19)30-26(36-2)37-24/h5-10,16,20,23H,3-4,11-15,17H2,1-2H3/t23-/m0/s1. The minimum absolute atomic E-state index is 0.148. The number of carbonyl (C=O) groups is 1. The van der Waals surface area contributed by atoms with E-state index in [-0.39, 0.29) is 49.6 Å². The van der Waals surface area contributed by atoms with Gasteiger partial charge in [-0.1, -0.05) is 35.1 Å². The van der Waals surface area contributed by atoms with E-state index in [1.54, 1.807) is 36.3 Å². The third-order valence-corrected chi connectivity index (χ3v) is 10.4. The summed E-state index contributed by atoms with van der Waals surface area (Å²) in [6.07, 6.45) is 0.708. The number of sulfonamides is 1. The van der Waals surface area contributed by atoms with E-state index in [0.717, 1.165) is 21.3 Å². The first kappa shape index (κ1) is 27.0. The van der Waals surface area contributed by atoms with Crippen LogP contribution in [0.5, 0.6) is 5.19 Å². The van der Waals surface area contributed by atoms with Crippen molar-refractivity contribution in [2.45, 2.75) is 74.9 Å². The number of nitrogens with zero attached hydrogens (tertiary/aromatic N) is 3. The maximum Gasteiger partial charge on any atom is 0.274 e. The van der Waals surface area contributed by atoms with Crippen molar-refractivity contribution in [3.05, 3.63) is 53.6 Å². The van der Waals surface area contributed by atoms with Crippen molar-refractivity contribution in [3.8, 4) is 5.19 Å². The van der Waals surface area contributed by atoms with E-state index in [0.29, 0.717) is 18.0 Å². The number of thiazole rings is 1. The number of ether oxygens (including phenoxy) is 1. The molecule has 1 amide bonds. The molecule has 0 unspecified atom stereocenters. The molecular weight excluding hydrogens is 532 g/mol. The fourth-order valence-electron chi connectivity index (χ4n) is 5.37. The van der Waals surface area contributed by atoms with Crippen LogP contribution in [0.1, 0.15) is 49.7 Å². The molecule has 11 heteroatoms. The minimum atomic E-state index is -3.89. The molecule has 204 valence electrons. The SMILES string of the molecule is COc1nc2cc(CN(C(=O)[C@@H]3CCCN3S(=O)(=O)c3ccc(C)cc3)C3CCC(F)(F)CC3)ccc2s1. The fourth-order valence-corrected chi connectivity index (χ4v) is 7.78. The number of amides is 1. The molecule has 1 aromatic heterocycles. The highest BCUT2D eigenvalue weighted by atomic mass is 32.2. The molecule has 7 nitrogen and oxygen atoms in total. The zero-order valence-electron chi connectivity index (χ0n) is 21.4. The Labute approximate surface area is 225 Å². The molecule has 1 atom stereocenters. The predicted molar refractivity (Wildman–Crippen MR) is 142 cm³/mol. The normalized spacial score (nSPS) is 20.6. The van der Waals surface area contributed by atoms with Crippen LogP contribution in [0.4, 0.5) is 8.78 Å². The van der Waals surface area contributed by atoms with Crippen LogP contribution in [0.15, 0.2) is 47.4 Å². The van der Waals surface area contributed by atoms with Gasteiger partial charge in [-0.15, -0.1) is 0 Å². The number of hydrogen-bond donors (Lipinski definition) is 0. The molecule has 2 aromatic carbocycles. The lowest BCUT2D eigenvalue weighted by atomic mass is 9.90. The van der Waals surface area contributed by atoms with E-state index in [2.05, 4.69) is 4.98 Å². The van der Waals surface area contributed by atoms with Crippen LogP contribution in [-0.4, -0.2) is 60.2 Å². The van der Waals surface area contributed by atoms with Crippen molar-refractivity contribution in [2.75, 3.05) is 13.7 Å². The molecule has 1 saturated heterocycles. The van der Waals surface area contributed by atoms with Gasteiger partial charge in [0.15, 0.2) is 0 Å². The van der Waals surface area contributed by atoms with Gasteiger partial charge in [0.1, 0.15) is 6.04 Å². The van der Waals surface area contributed by atoms with Crippen LogP contribution in [-0.2, 0) is 21.4 Å². The summed E-state index contributed by atoms with van der Waals surface area (Å²) in [5.41, 5.74) is 2.48. The van der Waals surface area contributed by atoms with Gasteiger partial charge >= 0.3 is 0 Å². The first-order valence-corrected chi connectivity index (χ1v) is 15.0. The smallest absolute Gasteiger partial charge is 0.274 e. The molecule has 0 spiro atoms. The highest BCUT2D eigenvalue weighted by Crippen LogP contribution is 2.37. The lowest BCUT2D eigenvalue weighted by molar-refractivity contribution is -0.141. The number of halogens is 2. The Bertz CT molecular complexity index is 1420. The summed E-state index contributed by atoms with van der Waals surface area (Å²) in [6.45, 7) is 2.32. The van der Waals surface area contributed by atoms with Gasteiger partial charge in [0.25, 0.3) is 5.19 Å². The molecule has 1 aliphatic heterocycles. The Morgan fingerprint density at radius 2 is 1.87 bits per heavy atom. The number of hydrogen-bond acceptors (Lipinski definition) is 6. The van der Waals surface area contributed by atoms with Gasteiger partial charge in [-0.25, -0.2) is 22.2 Å². The first-order valence-electron chi connectivity index (χ1n) is 12.8. The fraction of sp³-hybridized carbons (Fsp3) is 0.481. The molecule has 1 aliphatic carbocycles. The van der Waals surface area contributed by atoms with E-state index in [1.807, 2.05) is 25.1 Å². The number of rotatable bonds is 7. The number of fused-ring (bicyclic) bond motifs is 1. The van der Waals surface area contributed by atoms with E-state index >= 15 is 0 Å². The summed E-state index contributed by atoms with van der Waals surface area (Å²) in [5, 5.41) is 0.530. The van der Waals surface area contributed by atoms with E-state index in [9.17, 15) is 22.0 Å². The third kappa shape index (κ3) is 5.41. The van der Waals surface area contributed by atoms with Gasteiger partial charge in [-0.2, -0.15) is 4.31 Å². The topological polar surface area (TPSA) is 79.8 Å². The number of methoxy groups -OCH3 is 1. The molecule has 2 fully saturated rings. The average Bonchev–Trinajstić information content (AvgIpc) is 3.55. The Balaban J connectivity index is 1.44. The van der Waals surface area contributed by atoms with Gasteiger partial charge in [0.2, 0.25) is 21.9 Å². The van der Waals surface area contributed by atoms with Crippen LogP contribution in [0.3, 0.4) is 0 Å². The average molecular weight is 564 g/mol. The summed E-state index contributed by atoms with van der Waals surface area (Å²) in [6, 6.07) is 11.0. The predicted octanol–water partition coefficient (Wildman–Crippen LogP) is 5.37. The molecule has 38 heavy (non-hydrogen) atoms. The molecule has 2 aliphatic rings. The number of aromatic nitrogens is 1. The van der Waals surface area contributed by atoms with Crippen molar-refractivity contribution in [2.24, 2.45) is 0 Å². The van der Waals surface area contributed by atoms with Crippen LogP contribution in [0, 0.1) is 6.92 Å². The van der Waals surface area contributed by atoms with Crippen molar-refractivity contribution in [3.63, 3.8) is 0 Å². The number of aryl methyl sites for hydroxylation is 1. The number of benzene rings is 2. The summed E-state index contributed by atoms with van der Waals surface area (Å²) in [7, 11) is -2.34. The van der Waals surface area contributed by atoms with E-state index < -0.39 is 28.0 Å². The molecule has 0 radical (unpaired) electrons. The highest BCUT2D eigenvalue weighted by Gasteiger charge is 2.44. The summed E-state index contributed by atoms with van der Waals surface area (Å²) in [4.78, 5) is 20.3. The second kappa shape index (κ2) is 10.5. The molecule has 2 heterocycles. The third-order valence-electron chi connectivity index (χ3n) is 7.49. The summed E-state index contributed by atoms with van der Waals surface area (Å²) >= 11 is 1.41. The minimum Gasteiger partial charge on any atom is -0.473 e. The summed E-state index contributed by atoms with van der Waals surface area (Å²) in [5.74, 6) is -3.07. The lowest BCUT2D eigenvalue weighted by Crippen LogP contribution is -2.52. The summed E-state index contributed by atoms with van der Waals surface area (Å²) < 4.78 is 62.5. The lowest BCUT2D eigenvalue weighted by Gasteiger charge is -2.39. The van der Waals surface area contributed by atoms with Gasteiger partial charge < -0.3 is 9.64 Å². The monoisotopic (exact) mass is 563 g/mol. The van der Waals surface area contributed by atoms with Crippen LogP contribution >= 0.6 is 11.3 Å². The zero-order valence-corrected chi connectivity index (χ0v) is 23.0. The first-order chi connectivity index (χ1) is 18.1. The van der Waals surface area contributed by atoms with Crippen LogP contribution < -0.4 is 4.74 Å². The van der Waals surface area contributed by atoms with Gasteiger partial charge in [-0.3, -0.25) is 4.79 Å². The van der Waals surface area contributed by atoms with Crippen LogP contribution in [0.25, 0.3) is 10.2 Å². The van der Waals surface area contributed by atoms with Crippen LogP contribution in [0.2, 0.25) is 0 Å². The molecule has 3 aromatic rings. The quantitative estimate of drug-likeness (QED) is 0.386. The molecule has 0 N–H and O–H groups in total. The van der Waals surface area contributed by atoms with E-state index in [4.69, 9.17) is 4.74 Å². The Kier molecular flexibility index (Phi) is 7.45. The number of carbonyl (C=O) groups excluding carboxylic acids is 1. The highest BCUT2D eigenvalue weighted by molar-refractivity contribution is 7.89. The Morgan fingerprint density at radius 1 is 1.16 bits per heavy atom. The Morgan fingerprint density at radius 3 is 2.55 bits per heavy atom. The second-order valence-corrected chi connectivity index (χ2v) is 13.0. The zero-order chi connectivity index (χ0) is 27.1. The second-order valence-electron chi connectivity index (χ2n) is 10.1. The molecular formula is C27H31F2N3O4S2. The van der Waals surface area contributed by atoms with Crippen molar-refractivity contribution < 1.29 is 26.7 Å². The Hall–Kier alpha value is -2.63. The van der Waals surface area contributed by atoms with Gasteiger partial charge in [0, 0.05) is 32.0 Å². The number of alkyl halides is 2. The maximum absolute atomic E-state index is 14.1. The van der Waals surface area contributed by atoms with Crippen molar-refractivity contribution >= 4 is 37.5 Å². The molecule has 5 rings (SSSR count). The van der Waals surface area contributed by atoms with Gasteiger partial charge in [-0.05, 0) is 62.4 Å². The van der Waals surface area contributed by atoms with Gasteiger partial charge in [0.05, 0.1) is 22.2 Å². The molecule has 0 bridgehead atoms. The maximum atomic E-state index is 14.1. The molecule has 1 saturated carbocycles.